The van der Waals surface area contributed by atoms with Crippen molar-refractivity contribution >= 4 is 46.4 Å². The molecule has 4 aromatic carbocycles. The quantitative estimate of drug-likeness (QED) is 0.0788. The van der Waals surface area contributed by atoms with E-state index in [1.807, 2.05) is 0 Å². The lowest BCUT2D eigenvalue weighted by Gasteiger charge is -2.24. The van der Waals surface area contributed by atoms with Crippen molar-refractivity contribution in [2.45, 2.75) is 20.3 Å². The molecular formula is C37H38N6O8. The Labute approximate surface area is 294 Å². The van der Waals surface area contributed by atoms with Gasteiger partial charge in [0, 0.05) is 11.4 Å². The molecular weight excluding hydrogens is 656 g/mol. The van der Waals surface area contributed by atoms with Gasteiger partial charge in [-0.1, -0.05) is 48.5 Å². The molecule has 264 valence electrons. The molecule has 4 aromatic rings. The van der Waals surface area contributed by atoms with E-state index in [0.29, 0.717) is 22.9 Å². The molecule has 51 heavy (non-hydrogen) atoms. The maximum atomic E-state index is 14.0. The van der Waals surface area contributed by atoms with Crippen LogP contribution in [0.5, 0.6) is 23.0 Å². The molecule has 0 aliphatic carbocycles. The molecule has 0 aliphatic rings. The Balaban J connectivity index is 1.72. The topological polar surface area (TPSA) is 200 Å². The predicted octanol–water partition coefficient (Wildman–Crippen LogP) is 4.93. The van der Waals surface area contributed by atoms with Gasteiger partial charge in [0.25, 0.3) is 11.8 Å². The highest BCUT2D eigenvalue weighted by Gasteiger charge is 2.33. The van der Waals surface area contributed by atoms with Crippen molar-refractivity contribution in [3.8, 4) is 23.0 Å². The van der Waals surface area contributed by atoms with Crippen molar-refractivity contribution in [3.05, 3.63) is 108 Å². The number of carbonyl (C=O) groups excluding carboxylic acids is 4. The second kappa shape index (κ2) is 17.6. The molecule has 4 rings (SSSR count). The summed E-state index contributed by atoms with van der Waals surface area (Å²) in [7, 11) is 2.90. The fourth-order valence-corrected chi connectivity index (χ4v) is 4.99. The maximum absolute atomic E-state index is 14.0. The average molecular weight is 695 g/mol. The third kappa shape index (κ3) is 9.69. The zero-order valence-electron chi connectivity index (χ0n) is 28.3. The second-order valence-corrected chi connectivity index (χ2v) is 11.1. The van der Waals surface area contributed by atoms with Gasteiger partial charge in [0.15, 0.2) is 0 Å². The minimum absolute atomic E-state index is 0.0405. The van der Waals surface area contributed by atoms with Gasteiger partial charge >= 0.3 is 0 Å². The van der Waals surface area contributed by atoms with Gasteiger partial charge in [-0.15, -0.1) is 0 Å². The number of nitrogens with one attached hydrogen (secondary N) is 4. The van der Waals surface area contributed by atoms with Crippen LogP contribution in [0.3, 0.4) is 0 Å². The molecule has 0 saturated carbocycles. The Morgan fingerprint density at radius 2 is 0.941 bits per heavy atom. The van der Waals surface area contributed by atoms with Crippen molar-refractivity contribution in [3.63, 3.8) is 0 Å². The number of anilines is 2. The first kappa shape index (κ1) is 37.1. The number of para-hydroxylation sites is 6. The number of carbonyl (C=O) groups is 4. The Morgan fingerprint density at radius 1 is 0.588 bits per heavy atom. The molecule has 2 atom stereocenters. The van der Waals surface area contributed by atoms with E-state index in [9.17, 15) is 29.4 Å². The summed E-state index contributed by atoms with van der Waals surface area (Å²) in [6.45, 7) is 3.00. The van der Waals surface area contributed by atoms with Crippen LogP contribution in [0.25, 0.3) is 0 Å². The smallest absolute Gasteiger partial charge is 0.275 e. The van der Waals surface area contributed by atoms with E-state index in [1.165, 1.54) is 52.3 Å². The number of aromatic hydroxyl groups is 2. The monoisotopic (exact) mass is 694 g/mol. The lowest BCUT2D eigenvalue weighted by atomic mass is 9.87. The number of hydrogen-bond donors (Lipinski definition) is 6. The minimum atomic E-state index is -1.17. The molecule has 0 saturated heterocycles. The van der Waals surface area contributed by atoms with Gasteiger partial charge in [-0.05, 0) is 68.8 Å². The van der Waals surface area contributed by atoms with Crippen molar-refractivity contribution < 1.29 is 38.9 Å². The van der Waals surface area contributed by atoms with Gasteiger partial charge in [0.05, 0.1) is 48.6 Å². The minimum Gasteiger partial charge on any atom is -0.507 e. The lowest BCUT2D eigenvalue weighted by molar-refractivity contribution is -0.120. The maximum Gasteiger partial charge on any atom is 0.275 e. The predicted molar refractivity (Wildman–Crippen MR) is 192 cm³/mol. The Morgan fingerprint density at radius 3 is 1.31 bits per heavy atom. The molecule has 2 unspecified atom stereocenters. The number of ether oxygens (including phenoxy) is 2. The summed E-state index contributed by atoms with van der Waals surface area (Å²) in [5.41, 5.74) is 5.55. The number of hydrogen-bond acceptors (Lipinski definition) is 10. The van der Waals surface area contributed by atoms with Crippen LogP contribution < -0.4 is 31.0 Å². The van der Waals surface area contributed by atoms with Gasteiger partial charge < -0.3 is 30.3 Å². The van der Waals surface area contributed by atoms with Crippen LogP contribution in [-0.4, -0.2) is 59.5 Å². The Kier molecular flexibility index (Phi) is 12.8. The molecule has 0 radical (unpaired) electrons. The summed E-state index contributed by atoms with van der Waals surface area (Å²) in [5, 5.41) is 34.3. The lowest BCUT2D eigenvalue weighted by Crippen LogP contribution is -2.38. The van der Waals surface area contributed by atoms with Crippen LogP contribution in [0.2, 0.25) is 0 Å². The van der Waals surface area contributed by atoms with E-state index >= 15 is 0 Å². The van der Waals surface area contributed by atoms with Crippen LogP contribution in [0.4, 0.5) is 11.4 Å². The molecule has 0 fully saturated rings. The first-order chi connectivity index (χ1) is 24.5. The van der Waals surface area contributed by atoms with Crippen LogP contribution in [0.15, 0.2) is 107 Å². The summed E-state index contributed by atoms with van der Waals surface area (Å²) in [4.78, 5) is 53.8. The van der Waals surface area contributed by atoms with E-state index in [1.54, 1.807) is 72.8 Å². The second-order valence-electron chi connectivity index (χ2n) is 11.1. The molecule has 0 aromatic heterocycles. The molecule has 4 amide bonds. The Bertz CT molecular complexity index is 1820. The highest BCUT2D eigenvalue weighted by Crippen LogP contribution is 2.28. The van der Waals surface area contributed by atoms with Gasteiger partial charge in [-0.2, -0.15) is 10.2 Å². The third-order valence-electron chi connectivity index (χ3n) is 7.81. The number of amides is 4. The van der Waals surface area contributed by atoms with Crippen molar-refractivity contribution in [2.24, 2.45) is 22.0 Å². The number of rotatable bonds is 14. The fraction of sp³-hybridized carbons (Fsp3) is 0.189. The fourth-order valence-electron chi connectivity index (χ4n) is 4.99. The van der Waals surface area contributed by atoms with E-state index < -0.39 is 35.5 Å². The summed E-state index contributed by atoms with van der Waals surface area (Å²) in [6, 6.07) is 25.2. The van der Waals surface area contributed by atoms with E-state index in [0.717, 1.165) is 0 Å². The molecule has 14 nitrogen and oxygen atoms in total. The van der Waals surface area contributed by atoms with Crippen LogP contribution in [0.1, 0.15) is 41.0 Å². The number of benzene rings is 4. The van der Waals surface area contributed by atoms with Crippen LogP contribution in [0, 0.1) is 11.8 Å². The summed E-state index contributed by atoms with van der Waals surface area (Å²) < 4.78 is 10.8. The number of phenols is 2. The molecule has 0 spiro atoms. The average Bonchev–Trinajstić information content (AvgIpc) is 3.13. The standard InChI is InChI=1S/C37H38N6O8/c1-22(40-42-36(48)24-13-5-9-17-30(24)44)26(34(46)38-28-15-7-11-19-32(28)50-3)21-27(35(47)39-29-16-8-12-20-33(29)51-4)23(2)41-43-37(49)25-14-6-10-18-31(25)45/h5-20,26-27,44-45H,21H2,1-4H3,(H,38,46)(H,39,47)(H,42,48)(H,43,49)/b40-22+,41-23+. The first-order valence-electron chi connectivity index (χ1n) is 15.7. The molecule has 0 bridgehead atoms. The SMILES string of the molecule is COc1ccccc1NC(=O)C(CC(C(=O)Nc1ccccc1OC)/C(C)=N/NC(=O)c1ccccc1O)/C(C)=N/NC(=O)c1ccccc1O. The van der Waals surface area contributed by atoms with Gasteiger partial charge in [0.1, 0.15) is 23.0 Å². The number of nitrogens with zero attached hydrogens (tertiary/aromatic N) is 2. The van der Waals surface area contributed by atoms with Crippen molar-refractivity contribution in [2.75, 3.05) is 24.9 Å². The van der Waals surface area contributed by atoms with Crippen LogP contribution >= 0.6 is 0 Å². The van der Waals surface area contributed by atoms with E-state index in [2.05, 4.69) is 31.7 Å². The molecule has 6 N–H and O–H groups in total. The third-order valence-corrected chi connectivity index (χ3v) is 7.81. The zero-order chi connectivity index (χ0) is 36.9. The van der Waals surface area contributed by atoms with Gasteiger partial charge in [0.2, 0.25) is 11.8 Å². The Hall–Kier alpha value is -6.70. The summed E-state index contributed by atoms with van der Waals surface area (Å²) >= 11 is 0. The van der Waals surface area contributed by atoms with Gasteiger partial charge in [-0.3, -0.25) is 19.2 Å². The largest absolute Gasteiger partial charge is 0.507 e. The molecule has 0 aliphatic heterocycles. The zero-order valence-corrected chi connectivity index (χ0v) is 28.3. The molecule has 0 heterocycles. The number of phenolic OH excluding ortho intramolecular Hbond substituents is 2. The molecule has 14 heteroatoms. The first-order valence-corrected chi connectivity index (χ1v) is 15.7. The highest BCUT2D eigenvalue weighted by atomic mass is 16.5. The van der Waals surface area contributed by atoms with Crippen molar-refractivity contribution in [1.82, 2.24) is 10.9 Å². The number of hydrazone groups is 2. The van der Waals surface area contributed by atoms with E-state index in [-0.39, 0.29) is 40.5 Å². The van der Waals surface area contributed by atoms with Crippen LogP contribution in [-0.2, 0) is 9.59 Å². The van der Waals surface area contributed by atoms with Gasteiger partial charge in [-0.25, -0.2) is 10.9 Å². The number of methoxy groups -OCH3 is 2. The van der Waals surface area contributed by atoms with E-state index in [4.69, 9.17) is 9.47 Å². The summed E-state index contributed by atoms with van der Waals surface area (Å²) in [5.74, 6) is -4.78. The van der Waals surface area contributed by atoms with Crippen molar-refractivity contribution in [1.29, 1.82) is 0 Å². The highest BCUT2D eigenvalue weighted by molar-refractivity contribution is 6.13. The normalized spacial score (nSPS) is 12.5. The summed E-state index contributed by atoms with van der Waals surface area (Å²) in [6.07, 6.45) is -0.244.